The van der Waals surface area contributed by atoms with E-state index >= 15 is 0 Å². The fourth-order valence-corrected chi connectivity index (χ4v) is 2.04. The van der Waals surface area contributed by atoms with E-state index in [0.29, 0.717) is 24.2 Å². The topological polar surface area (TPSA) is 58.9 Å². The number of aliphatic imine (C=N–C) groups is 1. The van der Waals surface area contributed by atoms with Gasteiger partial charge in [-0.2, -0.15) is 0 Å². The Kier molecular flexibility index (Phi) is 4.34. The van der Waals surface area contributed by atoms with Crippen molar-refractivity contribution in [2.75, 3.05) is 13.2 Å². The molecule has 19 heavy (non-hydrogen) atoms. The van der Waals surface area contributed by atoms with Gasteiger partial charge >= 0.3 is 5.97 Å². The molecule has 0 radical (unpaired) electrons. The molecule has 1 aromatic carbocycles. The number of aliphatic hydroxyl groups is 1. The van der Waals surface area contributed by atoms with Crippen LogP contribution in [0.2, 0.25) is 0 Å². The summed E-state index contributed by atoms with van der Waals surface area (Å²) in [6, 6.07) is 8.98. The number of hydrogen-bond donors (Lipinski definition) is 1. The first-order chi connectivity index (χ1) is 9.24. The molecule has 1 heterocycles. The van der Waals surface area contributed by atoms with Crippen molar-refractivity contribution in [2.45, 2.75) is 19.8 Å². The van der Waals surface area contributed by atoms with E-state index in [4.69, 9.17) is 4.74 Å². The van der Waals surface area contributed by atoms with Crippen LogP contribution in [0.15, 0.2) is 40.9 Å². The Bertz CT molecular complexity index is 517. The molecule has 1 aliphatic rings. The molecule has 1 aromatic rings. The standard InChI is InChI=1S/C15H17NO3/c1-2-19-15(18)13(12-9-6-10-16-12)14(17)11-7-4-3-5-8-11/h3-5,7-8,17H,2,6,9-10H2,1H3/b14-13+. The monoisotopic (exact) mass is 259 g/mol. The molecule has 0 aromatic heterocycles. The van der Waals surface area contributed by atoms with Gasteiger partial charge < -0.3 is 9.84 Å². The predicted molar refractivity (Wildman–Crippen MR) is 74.2 cm³/mol. The number of rotatable bonds is 4. The molecule has 2 rings (SSSR count). The zero-order valence-electron chi connectivity index (χ0n) is 10.9. The van der Waals surface area contributed by atoms with Crippen molar-refractivity contribution in [3.8, 4) is 0 Å². The van der Waals surface area contributed by atoms with Crippen LogP contribution in [0.1, 0.15) is 25.3 Å². The van der Waals surface area contributed by atoms with Crippen molar-refractivity contribution >= 4 is 17.4 Å². The maximum absolute atomic E-state index is 12.0. The lowest BCUT2D eigenvalue weighted by Crippen LogP contribution is -2.17. The third-order valence-corrected chi connectivity index (χ3v) is 2.93. The molecule has 4 heteroatoms. The van der Waals surface area contributed by atoms with Crippen LogP contribution in [0.3, 0.4) is 0 Å². The summed E-state index contributed by atoms with van der Waals surface area (Å²) in [7, 11) is 0. The maximum Gasteiger partial charge on any atom is 0.343 e. The van der Waals surface area contributed by atoms with Crippen LogP contribution in [0, 0.1) is 0 Å². The molecule has 0 fully saturated rings. The Labute approximate surface area is 112 Å². The van der Waals surface area contributed by atoms with Gasteiger partial charge in [0.1, 0.15) is 11.3 Å². The molecule has 100 valence electrons. The number of benzene rings is 1. The molecular weight excluding hydrogens is 242 g/mol. The first-order valence-electron chi connectivity index (χ1n) is 6.43. The van der Waals surface area contributed by atoms with E-state index in [0.717, 1.165) is 6.42 Å². The van der Waals surface area contributed by atoms with E-state index in [1.165, 1.54) is 0 Å². The zero-order valence-corrected chi connectivity index (χ0v) is 10.9. The Morgan fingerprint density at radius 3 is 2.68 bits per heavy atom. The average Bonchev–Trinajstić information content (AvgIpc) is 2.94. The van der Waals surface area contributed by atoms with Crippen LogP contribution in [0.25, 0.3) is 5.76 Å². The Morgan fingerprint density at radius 2 is 2.11 bits per heavy atom. The molecule has 0 amide bonds. The highest BCUT2D eigenvalue weighted by atomic mass is 16.5. The van der Waals surface area contributed by atoms with Crippen LogP contribution in [-0.2, 0) is 9.53 Å². The van der Waals surface area contributed by atoms with Crippen molar-refractivity contribution < 1.29 is 14.6 Å². The van der Waals surface area contributed by atoms with Crippen LogP contribution in [0.4, 0.5) is 0 Å². The van der Waals surface area contributed by atoms with Gasteiger partial charge in [-0.1, -0.05) is 30.3 Å². The van der Waals surface area contributed by atoms with Crippen molar-refractivity contribution in [2.24, 2.45) is 4.99 Å². The molecule has 0 spiro atoms. The number of hydrogen-bond acceptors (Lipinski definition) is 4. The normalized spacial score (nSPS) is 15.7. The Hall–Kier alpha value is -2.10. The van der Waals surface area contributed by atoms with Gasteiger partial charge in [-0.3, -0.25) is 4.99 Å². The summed E-state index contributed by atoms with van der Waals surface area (Å²) < 4.78 is 5.02. The summed E-state index contributed by atoms with van der Waals surface area (Å²) in [6.07, 6.45) is 1.60. The van der Waals surface area contributed by atoms with Gasteiger partial charge in [0.2, 0.25) is 0 Å². The number of carbonyl (C=O) groups is 1. The highest BCUT2D eigenvalue weighted by Gasteiger charge is 2.25. The van der Waals surface area contributed by atoms with Crippen molar-refractivity contribution in [1.29, 1.82) is 0 Å². The number of carbonyl (C=O) groups excluding carboxylic acids is 1. The van der Waals surface area contributed by atoms with Crippen LogP contribution >= 0.6 is 0 Å². The summed E-state index contributed by atoms with van der Waals surface area (Å²) in [4.78, 5) is 16.3. The molecule has 1 aliphatic heterocycles. The van der Waals surface area contributed by atoms with E-state index in [9.17, 15) is 9.90 Å². The SMILES string of the molecule is CCOC(=O)/C(C1=NCCC1)=C(/O)c1ccccc1. The first kappa shape index (κ1) is 13.3. The van der Waals surface area contributed by atoms with E-state index < -0.39 is 5.97 Å². The molecule has 4 nitrogen and oxygen atoms in total. The summed E-state index contributed by atoms with van der Waals surface area (Å²) in [6.45, 7) is 2.71. The van der Waals surface area contributed by atoms with Gasteiger partial charge in [0.15, 0.2) is 0 Å². The van der Waals surface area contributed by atoms with Gasteiger partial charge in [-0.05, 0) is 19.8 Å². The third kappa shape index (κ3) is 3.02. The fraction of sp³-hybridized carbons (Fsp3) is 0.333. The number of ether oxygens (including phenoxy) is 1. The quantitative estimate of drug-likeness (QED) is 0.514. The van der Waals surface area contributed by atoms with E-state index in [2.05, 4.69) is 4.99 Å². The Balaban J connectivity index is 2.44. The van der Waals surface area contributed by atoms with Gasteiger partial charge in [-0.15, -0.1) is 0 Å². The van der Waals surface area contributed by atoms with Gasteiger partial charge in [0.25, 0.3) is 0 Å². The smallest absolute Gasteiger partial charge is 0.343 e. The maximum atomic E-state index is 12.0. The molecule has 0 atom stereocenters. The molecule has 1 N–H and O–H groups in total. The summed E-state index contributed by atoms with van der Waals surface area (Å²) >= 11 is 0. The number of nitrogens with zero attached hydrogens (tertiary/aromatic N) is 1. The molecule has 0 saturated carbocycles. The highest BCUT2D eigenvalue weighted by Crippen LogP contribution is 2.22. The fourth-order valence-electron chi connectivity index (χ4n) is 2.04. The minimum absolute atomic E-state index is 0.0558. The van der Waals surface area contributed by atoms with E-state index in [1.807, 2.05) is 18.2 Å². The average molecular weight is 259 g/mol. The van der Waals surface area contributed by atoms with Crippen LogP contribution in [-0.4, -0.2) is 29.9 Å². The molecule has 0 unspecified atom stereocenters. The number of esters is 1. The minimum atomic E-state index is -0.510. The lowest BCUT2D eigenvalue weighted by molar-refractivity contribution is -0.137. The lowest BCUT2D eigenvalue weighted by Gasteiger charge is -2.10. The second-order valence-electron chi connectivity index (χ2n) is 4.24. The summed E-state index contributed by atoms with van der Waals surface area (Å²) in [5.41, 5.74) is 1.44. The van der Waals surface area contributed by atoms with Crippen LogP contribution < -0.4 is 0 Å². The van der Waals surface area contributed by atoms with E-state index in [1.54, 1.807) is 19.1 Å². The van der Waals surface area contributed by atoms with Gasteiger partial charge in [-0.25, -0.2) is 4.79 Å². The molecule has 0 aliphatic carbocycles. The van der Waals surface area contributed by atoms with Crippen molar-refractivity contribution in [1.82, 2.24) is 0 Å². The molecular formula is C15H17NO3. The van der Waals surface area contributed by atoms with Crippen LogP contribution in [0.5, 0.6) is 0 Å². The zero-order chi connectivity index (χ0) is 13.7. The summed E-state index contributed by atoms with van der Waals surface area (Å²) in [5, 5.41) is 10.3. The highest BCUT2D eigenvalue weighted by molar-refractivity contribution is 6.24. The van der Waals surface area contributed by atoms with E-state index in [-0.39, 0.29) is 17.9 Å². The lowest BCUT2D eigenvalue weighted by atomic mass is 10.0. The van der Waals surface area contributed by atoms with Gasteiger partial charge in [0.05, 0.1) is 12.3 Å². The second kappa shape index (κ2) is 6.18. The predicted octanol–water partition coefficient (Wildman–Crippen LogP) is 2.75. The second-order valence-corrected chi connectivity index (χ2v) is 4.24. The first-order valence-corrected chi connectivity index (χ1v) is 6.43. The summed E-state index contributed by atoms with van der Waals surface area (Å²) in [5.74, 6) is -0.566. The number of aliphatic hydroxyl groups excluding tert-OH is 1. The van der Waals surface area contributed by atoms with Crippen molar-refractivity contribution in [3.05, 3.63) is 41.5 Å². The molecule has 0 saturated heterocycles. The minimum Gasteiger partial charge on any atom is -0.506 e. The van der Waals surface area contributed by atoms with Crippen molar-refractivity contribution in [3.63, 3.8) is 0 Å². The van der Waals surface area contributed by atoms with Gasteiger partial charge in [0, 0.05) is 12.1 Å². The Morgan fingerprint density at radius 1 is 1.37 bits per heavy atom. The third-order valence-electron chi connectivity index (χ3n) is 2.93. The molecule has 0 bridgehead atoms. The largest absolute Gasteiger partial charge is 0.506 e.